The highest BCUT2D eigenvalue weighted by molar-refractivity contribution is 8.01. The number of carbonyl (C=O) groups is 3. The maximum atomic E-state index is 11.8. The van der Waals surface area contributed by atoms with E-state index in [9.17, 15) is 19.5 Å². The minimum atomic E-state index is -1.17. The lowest BCUT2D eigenvalue weighted by Crippen LogP contribution is -2.68. The van der Waals surface area contributed by atoms with Crippen LogP contribution < -0.4 is 11.2 Å². The van der Waals surface area contributed by atoms with Crippen molar-refractivity contribution in [3.05, 3.63) is 11.3 Å². The summed E-state index contributed by atoms with van der Waals surface area (Å²) < 4.78 is 0. The summed E-state index contributed by atoms with van der Waals surface area (Å²) in [6, 6.07) is -0.660. The number of carboxylic acid groups (broad SMARTS) is 1. The first-order valence-corrected chi connectivity index (χ1v) is 8.35. The van der Waals surface area contributed by atoms with E-state index in [4.69, 9.17) is 5.73 Å². The molecule has 122 valence electrons. The largest absolute Gasteiger partial charge is 0.477 e. The molecule has 0 radical (unpaired) electrons. The Morgan fingerprint density at radius 3 is 3.09 bits per heavy atom. The molecule has 0 unspecified atom stereocenters. The van der Waals surface area contributed by atoms with Gasteiger partial charge in [0.2, 0.25) is 17.5 Å². The molecule has 0 bridgehead atoms. The molecular formula is C10H11N7O4S2. The van der Waals surface area contributed by atoms with Crippen LogP contribution in [0.4, 0.5) is 0 Å². The number of nitrogens with one attached hydrogen (secondary N) is 1. The third kappa shape index (κ3) is 2.66. The van der Waals surface area contributed by atoms with Gasteiger partial charge in [-0.15, -0.1) is 16.6 Å². The van der Waals surface area contributed by atoms with Gasteiger partial charge in [0.05, 0.1) is 0 Å². The molecule has 23 heavy (non-hydrogen) atoms. The van der Waals surface area contributed by atoms with Crippen molar-refractivity contribution in [1.29, 1.82) is 0 Å². The number of nitrogens with zero attached hydrogens (tertiary/aromatic N) is 5. The normalized spacial score (nSPS) is 23.3. The molecule has 1 aromatic rings. The van der Waals surface area contributed by atoms with Crippen molar-refractivity contribution in [1.82, 2.24) is 25.2 Å². The van der Waals surface area contributed by atoms with Gasteiger partial charge in [0.25, 0.3) is 0 Å². The van der Waals surface area contributed by atoms with Crippen LogP contribution in [0.1, 0.15) is 0 Å². The van der Waals surface area contributed by atoms with Gasteiger partial charge in [0, 0.05) is 11.5 Å². The number of thioether (sulfide) groups is 2. The number of nitrogens with two attached hydrogens (primary N) is 1. The van der Waals surface area contributed by atoms with Gasteiger partial charge in [0.15, 0.2) is 0 Å². The summed E-state index contributed by atoms with van der Waals surface area (Å²) in [5, 5.41) is 20.1. The minimum absolute atomic E-state index is 0.0321. The first kappa shape index (κ1) is 15.8. The topological polar surface area (TPSA) is 156 Å². The van der Waals surface area contributed by atoms with E-state index >= 15 is 0 Å². The molecule has 0 saturated carbocycles. The number of hydrogen-bond acceptors (Lipinski definition) is 9. The minimum Gasteiger partial charge on any atom is -0.477 e. The van der Waals surface area contributed by atoms with E-state index in [1.807, 2.05) is 0 Å². The predicted octanol–water partition coefficient (Wildman–Crippen LogP) is -1.95. The summed E-state index contributed by atoms with van der Waals surface area (Å²) in [6.07, 6.45) is 0.420. The van der Waals surface area contributed by atoms with E-state index < -0.39 is 17.9 Å². The Hall–Kier alpha value is -2.12. The second-order valence-corrected chi connectivity index (χ2v) is 6.65. The zero-order valence-electron chi connectivity index (χ0n) is 11.4. The van der Waals surface area contributed by atoms with Gasteiger partial charge in [-0.1, -0.05) is 16.9 Å². The Bertz CT molecular complexity index is 705. The van der Waals surface area contributed by atoms with E-state index in [0.717, 1.165) is 16.6 Å². The third-order valence-corrected chi connectivity index (χ3v) is 5.65. The Morgan fingerprint density at radius 2 is 2.39 bits per heavy atom. The van der Waals surface area contributed by atoms with E-state index in [1.54, 1.807) is 0 Å². The van der Waals surface area contributed by atoms with Crippen molar-refractivity contribution in [2.24, 2.45) is 5.73 Å². The van der Waals surface area contributed by atoms with Crippen LogP contribution in [0.3, 0.4) is 0 Å². The predicted molar refractivity (Wildman–Crippen MR) is 79.7 cm³/mol. The number of tetrazole rings is 1. The molecule has 3 rings (SSSR count). The van der Waals surface area contributed by atoms with E-state index in [2.05, 4.69) is 21.0 Å². The Morgan fingerprint density at radius 1 is 1.61 bits per heavy atom. The van der Waals surface area contributed by atoms with Crippen LogP contribution in [0.25, 0.3) is 0 Å². The molecule has 11 nitrogen and oxygen atoms in total. The lowest BCUT2D eigenvalue weighted by molar-refractivity contribution is -0.147. The van der Waals surface area contributed by atoms with Gasteiger partial charge in [0.1, 0.15) is 17.1 Å². The van der Waals surface area contributed by atoms with Crippen molar-refractivity contribution in [2.75, 3.05) is 16.9 Å². The number of fused-ring (bicyclic) bond motifs is 1. The van der Waals surface area contributed by atoms with Crippen molar-refractivity contribution in [3.8, 4) is 0 Å². The standard InChI is InChI=1S/C10H11N7O4S2/c11-5-7(19)16-6(9(20)21)4(1-22-8(5)16)2-23-10-13-14-15-17(10)12-3-18/h3,5,8H,1-2,11H2,(H,12,18)(H,20,21)/t5-,8+/m1/s1. The summed E-state index contributed by atoms with van der Waals surface area (Å²) in [4.78, 5) is 36.1. The first-order valence-electron chi connectivity index (χ1n) is 6.31. The Kier molecular flexibility index (Phi) is 4.23. The molecule has 0 aromatic carbocycles. The number of hydrogen-bond donors (Lipinski definition) is 3. The number of carboxylic acids is 1. The van der Waals surface area contributed by atoms with Gasteiger partial charge in [-0.2, -0.15) is 0 Å². The van der Waals surface area contributed by atoms with Crippen LogP contribution >= 0.6 is 23.5 Å². The van der Waals surface area contributed by atoms with Crippen LogP contribution in [0.5, 0.6) is 0 Å². The van der Waals surface area contributed by atoms with Gasteiger partial charge in [-0.3, -0.25) is 14.5 Å². The molecule has 1 saturated heterocycles. The summed E-state index contributed by atoms with van der Waals surface area (Å²) in [5.74, 6) is -0.855. The zero-order chi connectivity index (χ0) is 16.6. The maximum Gasteiger partial charge on any atom is 0.352 e. The fraction of sp³-hybridized carbons (Fsp3) is 0.400. The highest BCUT2D eigenvalue weighted by Crippen LogP contribution is 2.40. The van der Waals surface area contributed by atoms with E-state index in [0.29, 0.717) is 22.9 Å². The van der Waals surface area contributed by atoms with E-state index in [1.165, 1.54) is 16.7 Å². The molecule has 1 fully saturated rings. The molecule has 2 amide bonds. The lowest BCUT2D eigenvalue weighted by atomic mass is 10.0. The average molecular weight is 357 g/mol. The van der Waals surface area contributed by atoms with Crippen molar-refractivity contribution in [2.45, 2.75) is 16.6 Å². The monoisotopic (exact) mass is 357 g/mol. The number of aromatic nitrogens is 4. The molecule has 3 heterocycles. The van der Waals surface area contributed by atoms with Gasteiger partial charge in [-0.25, -0.2) is 10.2 Å². The molecule has 4 N–H and O–H groups in total. The summed E-state index contributed by atoms with van der Waals surface area (Å²) in [7, 11) is 0. The van der Waals surface area contributed by atoms with Gasteiger partial charge < -0.3 is 10.8 Å². The maximum absolute atomic E-state index is 11.8. The quantitative estimate of drug-likeness (QED) is 0.297. The Labute approximate surface area is 137 Å². The Balaban J connectivity index is 1.80. The van der Waals surface area contributed by atoms with Crippen molar-refractivity contribution < 1.29 is 19.5 Å². The summed E-state index contributed by atoms with van der Waals surface area (Å²) in [5.41, 5.74) is 8.50. The van der Waals surface area contributed by atoms with Crippen LogP contribution in [0, 0.1) is 0 Å². The molecular weight excluding hydrogens is 346 g/mol. The fourth-order valence-electron chi connectivity index (χ4n) is 2.24. The molecule has 0 aliphatic carbocycles. The second-order valence-electron chi connectivity index (χ2n) is 4.60. The smallest absolute Gasteiger partial charge is 0.352 e. The number of carbonyl (C=O) groups excluding carboxylic acids is 2. The number of β-lactam (4-membered cyclic amide) rings is 1. The third-order valence-electron chi connectivity index (χ3n) is 3.28. The average Bonchev–Trinajstić information content (AvgIpc) is 2.98. The molecule has 1 aromatic heterocycles. The zero-order valence-corrected chi connectivity index (χ0v) is 13.1. The van der Waals surface area contributed by atoms with Crippen LogP contribution in [0.2, 0.25) is 0 Å². The highest BCUT2D eigenvalue weighted by Gasteiger charge is 2.51. The number of rotatable bonds is 6. The summed E-state index contributed by atoms with van der Waals surface area (Å²) in [6.45, 7) is 0. The van der Waals surface area contributed by atoms with Crippen LogP contribution in [0.15, 0.2) is 16.4 Å². The molecule has 2 aliphatic heterocycles. The van der Waals surface area contributed by atoms with Crippen molar-refractivity contribution >= 4 is 41.8 Å². The SMILES string of the molecule is N[C@@H]1C(=O)N2C(C(=O)O)=C(CSc3nnnn3NC=O)CS[C@@H]12. The lowest BCUT2D eigenvalue weighted by Gasteiger charge is -2.48. The van der Waals surface area contributed by atoms with Gasteiger partial charge in [-0.05, 0) is 16.0 Å². The van der Waals surface area contributed by atoms with Crippen LogP contribution in [-0.4, -0.2) is 71.5 Å². The van der Waals surface area contributed by atoms with Crippen molar-refractivity contribution in [3.63, 3.8) is 0 Å². The number of aliphatic carboxylic acids is 1. The van der Waals surface area contributed by atoms with E-state index in [-0.39, 0.29) is 16.8 Å². The molecule has 13 heteroatoms. The summed E-state index contributed by atoms with van der Waals surface area (Å²) >= 11 is 2.57. The fourth-order valence-corrected chi connectivity index (χ4v) is 4.51. The molecule has 2 aliphatic rings. The molecule has 0 spiro atoms. The van der Waals surface area contributed by atoms with Crippen LogP contribution in [-0.2, 0) is 14.4 Å². The second kappa shape index (κ2) is 6.17. The first-order chi connectivity index (χ1) is 11.0. The number of amides is 2. The highest BCUT2D eigenvalue weighted by atomic mass is 32.2. The van der Waals surface area contributed by atoms with Gasteiger partial charge >= 0.3 is 5.97 Å². The molecule has 2 atom stereocenters.